The van der Waals surface area contributed by atoms with Crippen LogP contribution >= 0.6 is 0 Å². The SMILES string of the molecule is CN1CCN(CC(=O)N(C)c2ccc(N=C(c3ccccc3)c3c(O)[nH]c4cc(F)ccc34)cc2)CC1. The predicted octanol–water partition coefficient (Wildman–Crippen LogP) is 4.39. The molecule has 2 heterocycles. The minimum absolute atomic E-state index is 0.0433. The van der Waals surface area contributed by atoms with E-state index in [1.807, 2.05) is 54.6 Å². The number of aromatic hydroxyl groups is 1. The average Bonchev–Trinajstić information content (AvgIpc) is 3.23. The third kappa shape index (κ3) is 5.40. The highest BCUT2D eigenvalue weighted by Gasteiger charge is 2.21. The molecule has 1 aromatic heterocycles. The van der Waals surface area contributed by atoms with Gasteiger partial charge in [-0.05, 0) is 49.5 Å². The Morgan fingerprint density at radius 3 is 2.43 bits per heavy atom. The summed E-state index contributed by atoms with van der Waals surface area (Å²) in [4.78, 5) is 26.7. The number of rotatable bonds is 6. The third-order valence-electron chi connectivity index (χ3n) is 6.83. The van der Waals surface area contributed by atoms with E-state index in [0.717, 1.165) is 37.4 Å². The normalized spacial score (nSPS) is 15.3. The molecule has 0 unspecified atom stereocenters. The molecule has 5 rings (SSSR count). The van der Waals surface area contributed by atoms with Gasteiger partial charge in [-0.3, -0.25) is 9.69 Å². The monoisotopic (exact) mass is 499 g/mol. The van der Waals surface area contributed by atoms with Crippen LogP contribution in [0.15, 0.2) is 77.8 Å². The van der Waals surface area contributed by atoms with Crippen LogP contribution in [0, 0.1) is 5.82 Å². The number of amides is 1. The van der Waals surface area contributed by atoms with Gasteiger partial charge in [-0.25, -0.2) is 9.38 Å². The van der Waals surface area contributed by atoms with Crippen molar-refractivity contribution in [2.24, 2.45) is 4.99 Å². The lowest BCUT2D eigenvalue weighted by molar-refractivity contribution is -0.119. The number of H-pyrrole nitrogens is 1. The molecular weight excluding hydrogens is 469 g/mol. The summed E-state index contributed by atoms with van der Waals surface area (Å²) in [5.74, 6) is -0.420. The van der Waals surface area contributed by atoms with Crippen LogP contribution < -0.4 is 4.90 Å². The van der Waals surface area contributed by atoms with E-state index >= 15 is 0 Å². The molecule has 0 saturated carbocycles. The van der Waals surface area contributed by atoms with Gasteiger partial charge >= 0.3 is 0 Å². The van der Waals surface area contributed by atoms with Crippen LogP contribution in [0.1, 0.15) is 11.1 Å². The lowest BCUT2D eigenvalue weighted by atomic mass is 10.0. The molecule has 190 valence electrons. The van der Waals surface area contributed by atoms with Crippen LogP contribution in [0.25, 0.3) is 10.9 Å². The second-order valence-electron chi connectivity index (χ2n) is 9.41. The number of nitrogens with one attached hydrogen (secondary N) is 1. The summed E-state index contributed by atoms with van der Waals surface area (Å²) < 4.78 is 13.8. The lowest BCUT2D eigenvalue weighted by Crippen LogP contribution is -2.48. The Kier molecular flexibility index (Phi) is 7.03. The molecule has 1 amide bonds. The van der Waals surface area contributed by atoms with Gasteiger partial charge in [0.25, 0.3) is 0 Å². The largest absolute Gasteiger partial charge is 0.494 e. The van der Waals surface area contributed by atoms with Crippen LogP contribution in [0.3, 0.4) is 0 Å². The number of aromatic amines is 1. The number of carbonyl (C=O) groups is 1. The Balaban J connectivity index is 1.43. The minimum atomic E-state index is -0.389. The van der Waals surface area contributed by atoms with Crippen LogP contribution in [0.4, 0.5) is 15.8 Å². The summed E-state index contributed by atoms with van der Waals surface area (Å²) in [5, 5.41) is 11.4. The maximum Gasteiger partial charge on any atom is 0.240 e. The molecule has 37 heavy (non-hydrogen) atoms. The number of likely N-dealkylation sites (N-methyl/N-ethyl adjacent to an activating group) is 2. The number of carbonyl (C=O) groups excluding carboxylic acids is 1. The maximum absolute atomic E-state index is 13.8. The van der Waals surface area contributed by atoms with Crippen LogP contribution in [-0.2, 0) is 4.79 Å². The van der Waals surface area contributed by atoms with E-state index in [4.69, 9.17) is 4.99 Å². The molecule has 0 aliphatic carbocycles. The number of nitrogens with zero attached hydrogens (tertiary/aromatic N) is 4. The minimum Gasteiger partial charge on any atom is -0.494 e. The summed E-state index contributed by atoms with van der Waals surface area (Å²) in [6.07, 6.45) is 0. The van der Waals surface area contributed by atoms with E-state index in [1.165, 1.54) is 12.1 Å². The van der Waals surface area contributed by atoms with Crippen molar-refractivity contribution in [2.45, 2.75) is 0 Å². The molecule has 7 nitrogen and oxygen atoms in total. The molecule has 8 heteroatoms. The predicted molar refractivity (Wildman–Crippen MR) is 145 cm³/mol. The first-order valence-electron chi connectivity index (χ1n) is 12.3. The summed E-state index contributed by atoms with van der Waals surface area (Å²) >= 11 is 0. The van der Waals surface area contributed by atoms with Crippen molar-refractivity contribution in [1.29, 1.82) is 0 Å². The van der Waals surface area contributed by atoms with E-state index in [0.29, 0.717) is 34.4 Å². The Bertz CT molecular complexity index is 1420. The molecule has 4 aromatic rings. The van der Waals surface area contributed by atoms with Gasteiger partial charge in [0.2, 0.25) is 5.91 Å². The topological polar surface area (TPSA) is 75.2 Å². The fourth-order valence-corrected chi connectivity index (χ4v) is 4.58. The van der Waals surface area contributed by atoms with Crippen LogP contribution in [0.5, 0.6) is 5.88 Å². The van der Waals surface area contributed by atoms with Gasteiger partial charge in [-0.2, -0.15) is 0 Å². The van der Waals surface area contributed by atoms with E-state index in [-0.39, 0.29) is 17.6 Å². The third-order valence-corrected chi connectivity index (χ3v) is 6.83. The van der Waals surface area contributed by atoms with Crippen molar-refractivity contribution < 1.29 is 14.3 Å². The van der Waals surface area contributed by atoms with Crippen molar-refractivity contribution in [3.8, 4) is 5.88 Å². The van der Waals surface area contributed by atoms with Crippen LogP contribution in [-0.4, -0.2) is 78.3 Å². The molecular formula is C29H30FN5O2. The Hall–Kier alpha value is -4.01. The quantitative estimate of drug-likeness (QED) is 0.386. The van der Waals surface area contributed by atoms with Crippen molar-refractivity contribution in [3.05, 3.63) is 89.7 Å². The molecule has 1 saturated heterocycles. The molecule has 0 bridgehead atoms. The summed E-state index contributed by atoms with van der Waals surface area (Å²) in [5.41, 5.74) is 3.81. The number of benzene rings is 3. The van der Waals surface area contributed by atoms with Crippen molar-refractivity contribution in [1.82, 2.24) is 14.8 Å². The average molecular weight is 500 g/mol. The van der Waals surface area contributed by atoms with Gasteiger partial charge in [-0.1, -0.05) is 30.3 Å². The molecule has 2 N–H and O–H groups in total. The zero-order valence-electron chi connectivity index (χ0n) is 21.0. The molecule has 1 aliphatic rings. The van der Waals surface area contributed by atoms with E-state index < -0.39 is 0 Å². The molecule has 1 aliphatic heterocycles. The summed E-state index contributed by atoms with van der Waals surface area (Å²) in [6.45, 7) is 4.10. The highest BCUT2D eigenvalue weighted by atomic mass is 19.1. The van der Waals surface area contributed by atoms with Gasteiger partial charge in [0.1, 0.15) is 5.82 Å². The standard InChI is InChI=1S/C29H30FN5O2/c1-33-14-16-35(17-15-33)19-26(36)34(2)23-11-9-22(10-12-23)31-28(20-6-4-3-5-7-20)27-24-13-8-21(30)18-25(24)32-29(27)37/h3-13,18,32,37H,14-17,19H2,1-2H3. The zero-order chi connectivity index (χ0) is 25.9. The Labute approximate surface area is 215 Å². The number of aromatic nitrogens is 1. The number of piperazine rings is 1. The second kappa shape index (κ2) is 10.5. The first-order chi connectivity index (χ1) is 17.9. The molecule has 0 spiro atoms. The van der Waals surface area contributed by atoms with Crippen molar-refractivity contribution >= 4 is 33.9 Å². The molecule has 0 radical (unpaired) electrons. The Morgan fingerprint density at radius 1 is 1.03 bits per heavy atom. The smallest absolute Gasteiger partial charge is 0.240 e. The summed E-state index contributed by atoms with van der Waals surface area (Å²) in [7, 11) is 3.88. The highest BCUT2D eigenvalue weighted by molar-refractivity contribution is 6.21. The first-order valence-corrected chi connectivity index (χ1v) is 12.3. The number of anilines is 1. The number of hydrogen-bond donors (Lipinski definition) is 2. The Morgan fingerprint density at radius 2 is 1.73 bits per heavy atom. The number of aliphatic imine (C=N–C) groups is 1. The summed E-state index contributed by atoms with van der Waals surface area (Å²) in [6, 6.07) is 21.3. The van der Waals surface area contributed by atoms with E-state index in [9.17, 15) is 14.3 Å². The maximum atomic E-state index is 13.8. The lowest BCUT2D eigenvalue weighted by Gasteiger charge is -2.32. The van der Waals surface area contributed by atoms with Gasteiger partial charge < -0.3 is 19.9 Å². The fraction of sp³-hybridized carbons (Fsp3) is 0.241. The molecule has 0 atom stereocenters. The zero-order valence-corrected chi connectivity index (χ0v) is 21.0. The van der Waals surface area contributed by atoms with Crippen molar-refractivity contribution in [2.75, 3.05) is 51.7 Å². The van der Waals surface area contributed by atoms with E-state index in [1.54, 1.807) is 18.0 Å². The number of halogens is 1. The van der Waals surface area contributed by atoms with Gasteiger partial charge in [0.15, 0.2) is 5.88 Å². The van der Waals surface area contributed by atoms with Gasteiger partial charge in [-0.15, -0.1) is 0 Å². The molecule has 1 fully saturated rings. The fourth-order valence-electron chi connectivity index (χ4n) is 4.58. The molecule has 3 aromatic carbocycles. The highest BCUT2D eigenvalue weighted by Crippen LogP contribution is 2.32. The van der Waals surface area contributed by atoms with Gasteiger partial charge in [0.05, 0.1) is 29.0 Å². The van der Waals surface area contributed by atoms with Crippen LogP contribution in [0.2, 0.25) is 0 Å². The van der Waals surface area contributed by atoms with Gasteiger partial charge in [0, 0.05) is 49.9 Å². The van der Waals surface area contributed by atoms with Crippen molar-refractivity contribution in [3.63, 3.8) is 0 Å². The van der Waals surface area contributed by atoms with E-state index in [2.05, 4.69) is 21.8 Å². The number of hydrogen-bond acceptors (Lipinski definition) is 5. The number of fused-ring (bicyclic) bond motifs is 1. The second-order valence-corrected chi connectivity index (χ2v) is 9.41. The first kappa shape index (κ1) is 24.7.